The van der Waals surface area contributed by atoms with Gasteiger partial charge in [0.1, 0.15) is 12.0 Å². The fraction of sp³-hybridized carbons (Fsp3) is 0.182. The van der Waals surface area contributed by atoms with Crippen LogP contribution >= 0.6 is 0 Å². The number of carbonyl (C=O) groups is 1. The first-order valence-electron chi connectivity index (χ1n) is 4.56. The second-order valence-electron chi connectivity index (χ2n) is 3.28. The van der Waals surface area contributed by atoms with E-state index in [0.29, 0.717) is 17.1 Å². The standard InChI is InChI=1S/C11H10N2O2/c1-7-6-13-10(5-9(7)8(2)14)11-12-3-4-15-11/h3-6H,1-2H3. The molecule has 0 saturated heterocycles. The predicted molar refractivity (Wildman–Crippen MR) is 54.5 cm³/mol. The molecule has 0 atom stereocenters. The maximum absolute atomic E-state index is 11.3. The van der Waals surface area contributed by atoms with Gasteiger partial charge in [-0.3, -0.25) is 9.78 Å². The van der Waals surface area contributed by atoms with Crippen LogP contribution in [0.5, 0.6) is 0 Å². The molecule has 4 heteroatoms. The summed E-state index contributed by atoms with van der Waals surface area (Å²) in [4.78, 5) is 19.4. The first kappa shape index (κ1) is 9.58. The van der Waals surface area contributed by atoms with E-state index in [1.807, 2.05) is 6.92 Å². The molecule has 0 fully saturated rings. The lowest BCUT2D eigenvalue weighted by Crippen LogP contribution is -1.98. The summed E-state index contributed by atoms with van der Waals surface area (Å²) < 4.78 is 5.11. The lowest BCUT2D eigenvalue weighted by molar-refractivity contribution is 0.101. The summed E-state index contributed by atoms with van der Waals surface area (Å²) in [6, 6.07) is 1.70. The summed E-state index contributed by atoms with van der Waals surface area (Å²) in [6.45, 7) is 3.38. The van der Waals surface area contributed by atoms with Crippen molar-refractivity contribution in [1.29, 1.82) is 0 Å². The zero-order chi connectivity index (χ0) is 10.8. The second kappa shape index (κ2) is 3.65. The summed E-state index contributed by atoms with van der Waals surface area (Å²) in [5, 5.41) is 0. The molecule has 0 aromatic carbocycles. The van der Waals surface area contributed by atoms with E-state index >= 15 is 0 Å². The molecule has 2 heterocycles. The Morgan fingerprint density at radius 3 is 2.80 bits per heavy atom. The quantitative estimate of drug-likeness (QED) is 0.701. The van der Waals surface area contributed by atoms with Crippen LogP contribution in [0.2, 0.25) is 0 Å². The van der Waals surface area contributed by atoms with Gasteiger partial charge < -0.3 is 4.42 Å². The SMILES string of the molecule is CC(=O)c1cc(-c2ncco2)ncc1C. The first-order chi connectivity index (χ1) is 7.18. The molecule has 0 spiro atoms. The van der Waals surface area contributed by atoms with Gasteiger partial charge in [0.15, 0.2) is 5.78 Å². The third-order valence-electron chi connectivity index (χ3n) is 2.13. The van der Waals surface area contributed by atoms with Crippen LogP contribution < -0.4 is 0 Å². The van der Waals surface area contributed by atoms with Gasteiger partial charge in [-0.05, 0) is 25.5 Å². The molecule has 2 rings (SSSR count). The molecule has 0 aliphatic rings. The number of rotatable bonds is 2. The van der Waals surface area contributed by atoms with Crippen LogP contribution in [0.4, 0.5) is 0 Å². The minimum atomic E-state index is 0.0164. The first-order valence-corrected chi connectivity index (χ1v) is 4.56. The molecule has 0 amide bonds. The van der Waals surface area contributed by atoms with Crippen molar-refractivity contribution in [1.82, 2.24) is 9.97 Å². The van der Waals surface area contributed by atoms with Crippen LogP contribution in [-0.4, -0.2) is 15.8 Å². The highest BCUT2D eigenvalue weighted by Crippen LogP contribution is 2.18. The van der Waals surface area contributed by atoms with E-state index in [1.165, 1.54) is 13.2 Å². The Morgan fingerprint density at radius 2 is 2.20 bits per heavy atom. The highest BCUT2D eigenvalue weighted by atomic mass is 16.3. The van der Waals surface area contributed by atoms with Crippen LogP contribution in [-0.2, 0) is 0 Å². The van der Waals surface area contributed by atoms with E-state index in [-0.39, 0.29) is 5.78 Å². The third kappa shape index (κ3) is 1.79. The molecule has 0 aliphatic carbocycles. The molecular weight excluding hydrogens is 192 g/mol. The Bertz CT molecular complexity index is 489. The lowest BCUT2D eigenvalue weighted by atomic mass is 10.1. The van der Waals surface area contributed by atoms with Crippen LogP contribution in [0.15, 0.2) is 29.1 Å². The molecule has 2 aromatic rings. The molecule has 0 bridgehead atoms. The van der Waals surface area contributed by atoms with Crippen LogP contribution in [0.1, 0.15) is 22.8 Å². The van der Waals surface area contributed by atoms with Crippen molar-refractivity contribution in [3.8, 4) is 11.6 Å². The number of pyridine rings is 1. The molecular formula is C11H10N2O2. The second-order valence-corrected chi connectivity index (χ2v) is 3.28. The van der Waals surface area contributed by atoms with Crippen LogP contribution in [0.25, 0.3) is 11.6 Å². The minimum absolute atomic E-state index is 0.0164. The number of ketones is 1. The number of Topliss-reactive ketones (excluding diaryl/α,β-unsaturated/α-hetero) is 1. The van der Waals surface area contributed by atoms with Gasteiger partial charge in [0.25, 0.3) is 0 Å². The minimum Gasteiger partial charge on any atom is -0.443 e. The van der Waals surface area contributed by atoms with Gasteiger partial charge in [0.05, 0.1) is 6.20 Å². The van der Waals surface area contributed by atoms with Gasteiger partial charge in [-0.1, -0.05) is 0 Å². The van der Waals surface area contributed by atoms with E-state index in [9.17, 15) is 4.79 Å². The number of hydrogen-bond acceptors (Lipinski definition) is 4. The predicted octanol–water partition coefficient (Wildman–Crippen LogP) is 2.25. The summed E-state index contributed by atoms with van der Waals surface area (Å²) in [5.74, 6) is 0.445. The number of carbonyl (C=O) groups excluding carboxylic acids is 1. The van der Waals surface area contributed by atoms with E-state index < -0.39 is 0 Å². The molecule has 4 nitrogen and oxygen atoms in total. The van der Waals surface area contributed by atoms with Crippen molar-refractivity contribution in [3.63, 3.8) is 0 Å². The Morgan fingerprint density at radius 1 is 1.40 bits per heavy atom. The molecule has 15 heavy (non-hydrogen) atoms. The molecule has 0 radical (unpaired) electrons. The number of aryl methyl sites for hydroxylation is 1. The van der Waals surface area contributed by atoms with Crippen LogP contribution in [0.3, 0.4) is 0 Å². The van der Waals surface area contributed by atoms with Crippen molar-refractivity contribution < 1.29 is 9.21 Å². The maximum atomic E-state index is 11.3. The largest absolute Gasteiger partial charge is 0.443 e. The summed E-state index contributed by atoms with van der Waals surface area (Å²) in [7, 11) is 0. The Balaban J connectivity index is 2.52. The van der Waals surface area contributed by atoms with Crippen molar-refractivity contribution in [2.75, 3.05) is 0 Å². The topological polar surface area (TPSA) is 56.0 Å². The summed E-state index contributed by atoms with van der Waals surface area (Å²) in [6.07, 6.45) is 4.67. The highest BCUT2D eigenvalue weighted by molar-refractivity contribution is 5.96. The Labute approximate surface area is 87.0 Å². The Kier molecular flexibility index (Phi) is 2.33. The molecule has 76 valence electrons. The number of oxazole rings is 1. The third-order valence-corrected chi connectivity index (χ3v) is 2.13. The van der Waals surface area contributed by atoms with Crippen molar-refractivity contribution >= 4 is 5.78 Å². The smallest absolute Gasteiger partial charge is 0.245 e. The zero-order valence-electron chi connectivity index (χ0n) is 8.52. The van der Waals surface area contributed by atoms with Crippen molar-refractivity contribution in [2.24, 2.45) is 0 Å². The van der Waals surface area contributed by atoms with Crippen LogP contribution in [0, 0.1) is 6.92 Å². The molecule has 0 N–H and O–H groups in total. The fourth-order valence-electron chi connectivity index (χ4n) is 1.37. The molecule has 0 unspecified atom stereocenters. The van der Waals surface area contributed by atoms with Crippen molar-refractivity contribution in [2.45, 2.75) is 13.8 Å². The highest BCUT2D eigenvalue weighted by Gasteiger charge is 2.09. The number of nitrogens with zero attached hydrogens (tertiary/aromatic N) is 2. The van der Waals surface area contributed by atoms with Gasteiger partial charge in [0, 0.05) is 11.8 Å². The number of aromatic nitrogens is 2. The van der Waals surface area contributed by atoms with E-state index in [4.69, 9.17) is 4.42 Å². The van der Waals surface area contributed by atoms with Gasteiger partial charge in [-0.2, -0.15) is 0 Å². The van der Waals surface area contributed by atoms with Gasteiger partial charge in [-0.25, -0.2) is 4.98 Å². The zero-order valence-corrected chi connectivity index (χ0v) is 8.52. The summed E-state index contributed by atoms with van der Waals surface area (Å²) in [5.41, 5.74) is 2.09. The fourth-order valence-corrected chi connectivity index (χ4v) is 1.37. The lowest BCUT2D eigenvalue weighted by Gasteiger charge is -2.02. The molecule has 0 aliphatic heterocycles. The molecule has 0 saturated carbocycles. The average Bonchev–Trinajstić information content (AvgIpc) is 2.71. The van der Waals surface area contributed by atoms with Gasteiger partial charge in [-0.15, -0.1) is 0 Å². The van der Waals surface area contributed by atoms with Gasteiger partial charge >= 0.3 is 0 Å². The monoisotopic (exact) mass is 202 g/mol. The van der Waals surface area contributed by atoms with E-state index in [1.54, 1.807) is 18.5 Å². The Hall–Kier alpha value is -1.97. The van der Waals surface area contributed by atoms with Crippen molar-refractivity contribution in [3.05, 3.63) is 35.9 Å². The average molecular weight is 202 g/mol. The van der Waals surface area contributed by atoms with E-state index in [2.05, 4.69) is 9.97 Å². The molecule has 2 aromatic heterocycles. The van der Waals surface area contributed by atoms with E-state index in [0.717, 1.165) is 5.56 Å². The summed E-state index contributed by atoms with van der Waals surface area (Å²) >= 11 is 0. The van der Waals surface area contributed by atoms with Gasteiger partial charge in [0.2, 0.25) is 5.89 Å². The number of hydrogen-bond donors (Lipinski definition) is 0. The maximum Gasteiger partial charge on any atom is 0.245 e. The normalized spacial score (nSPS) is 10.3.